The maximum Gasteiger partial charge on any atom is 0.354 e. The van der Waals surface area contributed by atoms with Gasteiger partial charge in [-0.2, -0.15) is 0 Å². The van der Waals surface area contributed by atoms with Gasteiger partial charge in [-0.05, 0) is 62.2 Å². The number of aliphatic carboxylic acids is 1. The quantitative estimate of drug-likeness (QED) is 0.562. The summed E-state index contributed by atoms with van der Waals surface area (Å²) in [5.41, 5.74) is 8.55. The van der Waals surface area contributed by atoms with Crippen LogP contribution < -0.4 is 5.73 Å². The van der Waals surface area contributed by atoms with Gasteiger partial charge in [0.2, 0.25) is 0 Å². The van der Waals surface area contributed by atoms with Gasteiger partial charge in [0.05, 0.1) is 5.02 Å². The van der Waals surface area contributed by atoms with Crippen LogP contribution in [-0.4, -0.2) is 41.8 Å². The molecular weight excluding hydrogens is 350 g/mol. The minimum Gasteiger partial charge on any atom is -0.477 e. The summed E-state index contributed by atoms with van der Waals surface area (Å²) in [7, 11) is 2.15. The monoisotopic (exact) mass is 371 g/mol. The number of carboxylic acid groups (broad SMARTS) is 1. The number of hydrogen-bond donors (Lipinski definition) is 3. The van der Waals surface area contributed by atoms with Crippen molar-refractivity contribution in [1.29, 1.82) is 5.41 Å². The number of benzene rings is 2. The zero-order chi connectivity index (χ0) is 18.8. The molecule has 0 unspecified atom stereocenters. The molecule has 1 saturated heterocycles. The lowest BCUT2D eigenvalue weighted by Crippen LogP contribution is -2.29. The number of likely N-dealkylation sites (tertiary alicyclic amines) is 1. The average molecular weight is 372 g/mol. The first-order valence-corrected chi connectivity index (χ1v) is 8.94. The topological polar surface area (TPSA) is 90.4 Å². The number of carbonyl (C=O) groups is 1. The molecule has 0 bridgehead atoms. The van der Waals surface area contributed by atoms with Crippen LogP contribution in [0.2, 0.25) is 5.02 Å². The van der Waals surface area contributed by atoms with E-state index in [1.54, 1.807) is 6.07 Å². The van der Waals surface area contributed by atoms with Gasteiger partial charge in [-0.25, -0.2) is 4.79 Å². The molecule has 0 aliphatic carbocycles. The molecule has 6 heteroatoms. The molecule has 1 fully saturated rings. The van der Waals surface area contributed by atoms with Crippen LogP contribution in [0.5, 0.6) is 0 Å². The third kappa shape index (κ3) is 3.74. The summed E-state index contributed by atoms with van der Waals surface area (Å²) >= 11 is 6.32. The lowest BCUT2D eigenvalue weighted by molar-refractivity contribution is -0.129. The van der Waals surface area contributed by atoms with Gasteiger partial charge in [-0.15, -0.1) is 0 Å². The standard InChI is InChI=1S/C20H22ClN3O2/c1-24-8-6-13(7-9-24)12-2-4-14(5-3-12)15-10-16(19(23)20(25)26)18(22)11-17(15)21/h2-5,10-11,13,23H,6-9,22H2,1H3,(H,25,26). The minimum atomic E-state index is -1.32. The van der Waals surface area contributed by atoms with E-state index in [2.05, 4.69) is 24.1 Å². The SMILES string of the molecule is CN1CCC(c2ccc(-c3cc(C(=N)C(=O)O)c(N)cc3Cl)cc2)CC1. The summed E-state index contributed by atoms with van der Waals surface area (Å²) in [5, 5.41) is 17.2. The molecule has 1 aliphatic heterocycles. The van der Waals surface area contributed by atoms with Crippen LogP contribution in [0, 0.1) is 5.41 Å². The Labute approximate surface area is 157 Å². The van der Waals surface area contributed by atoms with E-state index in [1.807, 2.05) is 12.1 Å². The zero-order valence-electron chi connectivity index (χ0n) is 14.6. The third-order valence-corrected chi connectivity index (χ3v) is 5.35. The number of halogens is 1. The zero-order valence-corrected chi connectivity index (χ0v) is 15.4. The Bertz CT molecular complexity index is 841. The molecule has 0 aromatic heterocycles. The Balaban J connectivity index is 1.90. The summed E-state index contributed by atoms with van der Waals surface area (Å²) in [6, 6.07) is 11.3. The van der Waals surface area contributed by atoms with E-state index in [0.29, 0.717) is 16.5 Å². The van der Waals surface area contributed by atoms with Crippen LogP contribution in [0.1, 0.15) is 29.9 Å². The van der Waals surface area contributed by atoms with Gasteiger partial charge < -0.3 is 15.7 Å². The van der Waals surface area contributed by atoms with Gasteiger partial charge in [0, 0.05) is 16.8 Å². The minimum absolute atomic E-state index is 0.177. The molecule has 0 spiro atoms. The number of anilines is 1. The highest BCUT2D eigenvalue weighted by Crippen LogP contribution is 2.34. The van der Waals surface area contributed by atoms with Gasteiger partial charge >= 0.3 is 5.97 Å². The number of nitrogens with zero attached hydrogens (tertiary/aromatic N) is 1. The molecule has 0 saturated carbocycles. The fourth-order valence-corrected chi connectivity index (χ4v) is 3.70. The number of nitrogens with one attached hydrogen (secondary N) is 1. The number of nitrogens with two attached hydrogens (primary N) is 1. The van der Waals surface area contributed by atoms with Crippen molar-refractivity contribution in [2.24, 2.45) is 0 Å². The fourth-order valence-electron chi connectivity index (χ4n) is 3.42. The maximum atomic E-state index is 11.1. The third-order valence-electron chi connectivity index (χ3n) is 5.03. The van der Waals surface area contributed by atoms with E-state index in [-0.39, 0.29) is 11.3 Å². The van der Waals surface area contributed by atoms with Crippen LogP contribution in [0.15, 0.2) is 36.4 Å². The van der Waals surface area contributed by atoms with Crippen LogP contribution >= 0.6 is 11.6 Å². The highest BCUT2D eigenvalue weighted by atomic mass is 35.5. The second-order valence-electron chi connectivity index (χ2n) is 6.80. The van der Waals surface area contributed by atoms with Gasteiger partial charge in [-0.3, -0.25) is 5.41 Å². The molecule has 2 aromatic carbocycles. The molecule has 0 atom stereocenters. The molecule has 136 valence electrons. The molecule has 1 heterocycles. The summed E-state index contributed by atoms with van der Waals surface area (Å²) in [5.74, 6) is -0.750. The van der Waals surface area contributed by atoms with Crippen molar-refractivity contribution in [2.75, 3.05) is 25.9 Å². The van der Waals surface area contributed by atoms with Crippen molar-refractivity contribution >= 4 is 29.0 Å². The maximum absolute atomic E-state index is 11.1. The van der Waals surface area contributed by atoms with Crippen LogP contribution in [0.25, 0.3) is 11.1 Å². The summed E-state index contributed by atoms with van der Waals surface area (Å²) in [6.45, 7) is 2.22. The van der Waals surface area contributed by atoms with Gasteiger partial charge in [0.15, 0.2) is 0 Å². The number of rotatable bonds is 4. The van der Waals surface area contributed by atoms with Crippen molar-refractivity contribution in [3.05, 3.63) is 52.5 Å². The van der Waals surface area contributed by atoms with Crippen molar-refractivity contribution in [2.45, 2.75) is 18.8 Å². The number of piperidine rings is 1. The highest BCUT2D eigenvalue weighted by molar-refractivity contribution is 6.43. The Morgan fingerprint density at radius 2 is 1.85 bits per heavy atom. The fraction of sp³-hybridized carbons (Fsp3) is 0.300. The average Bonchev–Trinajstić information content (AvgIpc) is 2.62. The second-order valence-corrected chi connectivity index (χ2v) is 7.21. The van der Waals surface area contributed by atoms with E-state index in [9.17, 15) is 4.79 Å². The first kappa shape index (κ1) is 18.4. The molecular formula is C20H22ClN3O2. The van der Waals surface area contributed by atoms with E-state index < -0.39 is 11.7 Å². The smallest absolute Gasteiger partial charge is 0.354 e. The Kier molecular flexibility index (Phi) is 5.30. The normalized spacial score (nSPS) is 15.8. The largest absolute Gasteiger partial charge is 0.477 e. The molecule has 0 radical (unpaired) electrons. The number of carboxylic acids is 1. The first-order chi connectivity index (χ1) is 12.4. The Morgan fingerprint density at radius 1 is 1.23 bits per heavy atom. The Morgan fingerprint density at radius 3 is 2.42 bits per heavy atom. The van der Waals surface area contributed by atoms with Crippen molar-refractivity contribution in [3.8, 4) is 11.1 Å². The molecule has 2 aromatic rings. The lowest BCUT2D eigenvalue weighted by Gasteiger charge is -2.29. The molecule has 0 amide bonds. The number of nitrogen functional groups attached to an aromatic ring is 1. The van der Waals surface area contributed by atoms with E-state index >= 15 is 0 Å². The summed E-state index contributed by atoms with van der Waals surface area (Å²) < 4.78 is 0. The second kappa shape index (κ2) is 7.48. The Hall–Kier alpha value is -2.37. The van der Waals surface area contributed by atoms with E-state index in [4.69, 9.17) is 27.9 Å². The van der Waals surface area contributed by atoms with Crippen LogP contribution in [-0.2, 0) is 4.79 Å². The highest BCUT2D eigenvalue weighted by Gasteiger charge is 2.19. The van der Waals surface area contributed by atoms with Crippen molar-refractivity contribution in [1.82, 2.24) is 4.90 Å². The predicted molar refractivity (Wildman–Crippen MR) is 105 cm³/mol. The lowest BCUT2D eigenvalue weighted by atomic mass is 9.88. The summed E-state index contributed by atoms with van der Waals surface area (Å²) in [6.07, 6.45) is 2.30. The van der Waals surface area contributed by atoms with E-state index in [1.165, 1.54) is 11.6 Å². The molecule has 5 nitrogen and oxygen atoms in total. The molecule has 26 heavy (non-hydrogen) atoms. The van der Waals surface area contributed by atoms with Gasteiger partial charge in [0.25, 0.3) is 0 Å². The van der Waals surface area contributed by atoms with Gasteiger partial charge in [0.1, 0.15) is 5.71 Å². The summed E-state index contributed by atoms with van der Waals surface area (Å²) in [4.78, 5) is 13.5. The molecule has 3 rings (SSSR count). The van der Waals surface area contributed by atoms with E-state index in [0.717, 1.165) is 31.5 Å². The first-order valence-electron chi connectivity index (χ1n) is 8.57. The number of hydrogen-bond acceptors (Lipinski definition) is 4. The van der Waals surface area contributed by atoms with Crippen molar-refractivity contribution in [3.63, 3.8) is 0 Å². The molecule has 4 N–H and O–H groups in total. The molecule has 1 aliphatic rings. The van der Waals surface area contributed by atoms with Crippen LogP contribution in [0.4, 0.5) is 5.69 Å². The van der Waals surface area contributed by atoms with Crippen LogP contribution in [0.3, 0.4) is 0 Å². The van der Waals surface area contributed by atoms with Crippen molar-refractivity contribution < 1.29 is 9.90 Å². The predicted octanol–water partition coefficient (Wildman–Crippen LogP) is 3.85. The van der Waals surface area contributed by atoms with Gasteiger partial charge in [-0.1, -0.05) is 35.9 Å².